The number of ketones is 1. The van der Waals surface area contributed by atoms with E-state index in [1.165, 1.54) is 6.92 Å². The van der Waals surface area contributed by atoms with Crippen molar-refractivity contribution in [3.8, 4) is 0 Å². The van der Waals surface area contributed by atoms with Crippen LogP contribution >= 0.6 is 23.2 Å². The van der Waals surface area contributed by atoms with Gasteiger partial charge in [0.2, 0.25) is 0 Å². The molecular formula is C12H11Cl2NO2. The third kappa shape index (κ3) is 2.06. The minimum Gasteiger partial charge on any atom is -0.395 e. The van der Waals surface area contributed by atoms with Crippen LogP contribution in [0.5, 0.6) is 0 Å². The van der Waals surface area contributed by atoms with Crippen molar-refractivity contribution in [1.29, 1.82) is 0 Å². The molecule has 0 saturated carbocycles. The third-order valence-corrected chi connectivity index (χ3v) is 3.45. The molecule has 0 spiro atoms. The molecule has 90 valence electrons. The van der Waals surface area contributed by atoms with Gasteiger partial charge in [-0.1, -0.05) is 29.3 Å². The van der Waals surface area contributed by atoms with Crippen LogP contribution in [0.15, 0.2) is 18.3 Å². The molecular weight excluding hydrogens is 261 g/mol. The van der Waals surface area contributed by atoms with Crippen molar-refractivity contribution in [3.05, 3.63) is 33.9 Å². The van der Waals surface area contributed by atoms with Gasteiger partial charge in [-0.2, -0.15) is 0 Å². The normalized spacial score (nSPS) is 11.1. The van der Waals surface area contributed by atoms with Gasteiger partial charge in [0.15, 0.2) is 5.78 Å². The number of halogens is 2. The van der Waals surface area contributed by atoms with E-state index in [0.29, 0.717) is 27.7 Å². The van der Waals surface area contributed by atoms with E-state index in [1.807, 2.05) is 0 Å². The monoisotopic (exact) mass is 271 g/mol. The Bertz CT molecular complexity index is 590. The molecule has 5 heteroatoms. The number of hydrogen-bond acceptors (Lipinski definition) is 2. The predicted molar refractivity (Wildman–Crippen MR) is 69.0 cm³/mol. The minimum atomic E-state index is -0.0370. The highest BCUT2D eigenvalue weighted by Gasteiger charge is 2.15. The lowest BCUT2D eigenvalue weighted by Crippen LogP contribution is -2.00. The van der Waals surface area contributed by atoms with E-state index < -0.39 is 0 Å². The van der Waals surface area contributed by atoms with Crippen molar-refractivity contribution < 1.29 is 9.90 Å². The molecule has 2 rings (SSSR count). The maximum absolute atomic E-state index is 11.5. The number of Topliss-reactive ketones (excluding diaryl/α,β-unsaturated/α-hetero) is 1. The Hall–Kier alpha value is -1.03. The average molecular weight is 272 g/mol. The van der Waals surface area contributed by atoms with Gasteiger partial charge in [0.25, 0.3) is 0 Å². The zero-order valence-electron chi connectivity index (χ0n) is 9.20. The van der Waals surface area contributed by atoms with E-state index in [9.17, 15) is 4.79 Å². The first-order valence-electron chi connectivity index (χ1n) is 5.15. The molecule has 0 unspecified atom stereocenters. The van der Waals surface area contributed by atoms with E-state index in [4.69, 9.17) is 28.3 Å². The fourth-order valence-corrected chi connectivity index (χ4v) is 2.32. The molecule has 3 nitrogen and oxygen atoms in total. The van der Waals surface area contributed by atoms with Crippen LogP contribution in [-0.4, -0.2) is 22.1 Å². The van der Waals surface area contributed by atoms with Crippen LogP contribution in [0.2, 0.25) is 10.0 Å². The summed E-state index contributed by atoms with van der Waals surface area (Å²) in [6.07, 6.45) is 1.70. The second-order valence-corrected chi connectivity index (χ2v) is 4.56. The van der Waals surface area contributed by atoms with Gasteiger partial charge < -0.3 is 9.67 Å². The van der Waals surface area contributed by atoms with E-state index in [0.717, 1.165) is 5.39 Å². The van der Waals surface area contributed by atoms with Crippen molar-refractivity contribution in [2.75, 3.05) is 6.61 Å². The molecule has 0 radical (unpaired) electrons. The Morgan fingerprint density at radius 2 is 2.12 bits per heavy atom. The second kappa shape index (κ2) is 4.69. The Labute approximate surface area is 109 Å². The number of nitrogens with zero attached hydrogens (tertiary/aromatic N) is 1. The summed E-state index contributed by atoms with van der Waals surface area (Å²) in [6, 6.07) is 3.44. The maximum atomic E-state index is 11.5. The lowest BCUT2D eigenvalue weighted by atomic mass is 10.1. The van der Waals surface area contributed by atoms with Crippen LogP contribution < -0.4 is 0 Å². The maximum Gasteiger partial charge on any atom is 0.161 e. The van der Waals surface area contributed by atoms with Gasteiger partial charge in [-0.15, -0.1) is 0 Å². The smallest absolute Gasteiger partial charge is 0.161 e. The molecule has 0 fully saturated rings. The molecule has 1 N–H and O–H groups in total. The van der Waals surface area contributed by atoms with E-state index in [-0.39, 0.29) is 12.4 Å². The summed E-state index contributed by atoms with van der Waals surface area (Å²) in [5, 5.41) is 10.6. The number of rotatable bonds is 3. The highest BCUT2D eigenvalue weighted by Crippen LogP contribution is 2.33. The molecule has 0 atom stereocenters. The molecule has 17 heavy (non-hydrogen) atoms. The average Bonchev–Trinajstić information content (AvgIpc) is 2.64. The number of carbonyl (C=O) groups excluding carboxylic acids is 1. The van der Waals surface area contributed by atoms with Gasteiger partial charge in [-0.3, -0.25) is 4.79 Å². The first-order valence-corrected chi connectivity index (χ1v) is 5.90. The zero-order chi connectivity index (χ0) is 12.6. The summed E-state index contributed by atoms with van der Waals surface area (Å²) >= 11 is 12.1. The standard InChI is InChI=1S/C12H11Cl2NO2/c1-7(17)9-6-15(4-5-16)12-8(9)2-3-10(13)11(12)14/h2-3,6,16H,4-5H2,1H3. The van der Waals surface area contributed by atoms with Crippen LogP contribution in [0.3, 0.4) is 0 Å². The lowest BCUT2D eigenvalue weighted by Gasteiger charge is -2.05. The Morgan fingerprint density at radius 1 is 1.41 bits per heavy atom. The van der Waals surface area contributed by atoms with Crippen LogP contribution in [-0.2, 0) is 6.54 Å². The van der Waals surface area contributed by atoms with Crippen LogP contribution in [0.4, 0.5) is 0 Å². The molecule has 0 aliphatic rings. The number of aliphatic hydroxyl groups excluding tert-OH is 1. The first-order chi connectivity index (χ1) is 8.06. The van der Waals surface area contributed by atoms with Crippen molar-refractivity contribution in [1.82, 2.24) is 4.57 Å². The second-order valence-electron chi connectivity index (χ2n) is 3.77. The Balaban J connectivity index is 2.81. The summed E-state index contributed by atoms with van der Waals surface area (Å²) in [5.74, 6) is -0.0370. The minimum absolute atomic E-state index is 0.0238. The number of aliphatic hydroxyl groups is 1. The summed E-state index contributed by atoms with van der Waals surface area (Å²) in [7, 11) is 0. The third-order valence-electron chi connectivity index (χ3n) is 2.65. The summed E-state index contributed by atoms with van der Waals surface area (Å²) < 4.78 is 1.75. The van der Waals surface area contributed by atoms with Gasteiger partial charge in [-0.25, -0.2) is 0 Å². The van der Waals surface area contributed by atoms with Gasteiger partial charge in [0.1, 0.15) is 0 Å². The molecule has 1 heterocycles. The van der Waals surface area contributed by atoms with Crippen molar-refractivity contribution in [2.45, 2.75) is 13.5 Å². The van der Waals surface area contributed by atoms with Gasteiger partial charge in [0, 0.05) is 23.7 Å². The molecule has 1 aromatic carbocycles. The fraction of sp³-hybridized carbons (Fsp3) is 0.250. The van der Waals surface area contributed by atoms with Crippen LogP contribution in [0, 0.1) is 0 Å². The number of benzene rings is 1. The zero-order valence-corrected chi connectivity index (χ0v) is 10.7. The van der Waals surface area contributed by atoms with Gasteiger partial charge in [0.05, 0.1) is 22.2 Å². The quantitative estimate of drug-likeness (QED) is 0.872. The van der Waals surface area contributed by atoms with Crippen LogP contribution in [0.1, 0.15) is 17.3 Å². The summed E-state index contributed by atoms with van der Waals surface area (Å²) in [6.45, 7) is 1.86. The van der Waals surface area contributed by atoms with E-state index >= 15 is 0 Å². The molecule has 1 aromatic heterocycles. The van der Waals surface area contributed by atoms with E-state index in [1.54, 1.807) is 22.9 Å². The van der Waals surface area contributed by atoms with Crippen molar-refractivity contribution >= 4 is 39.9 Å². The first kappa shape index (κ1) is 12.4. The molecule has 0 bridgehead atoms. The number of fused-ring (bicyclic) bond motifs is 1. The number of aromatic nitrogens is 1. The Kier molecular flexibility index (Phi) is 3.43. The number of hydrogen-bond donors (Lipinski definition) is 1. The van der Waals surface area contributed by atoms with Gasteiger partial charge in [-0.05, 0) is 13.0 Å². The predicted octanol–water partition coefficient (Wildman–Crippen LogP) is 3.14. The van der Waals surface area contributed by atoms with Crippen molar-refractivity contribution in [3.63, 3.8) is 0 Å². The van der Waals surface area contributed by atoms with Crippen molar-refractivity contribution in [2.24, 2.45) is 0 Å². The summed E-state index contributed by atoms with van der Waals surface area (Å²) in [4.78, 5) is 11.5. The lowest BCUT2D eigenvalue weighted by molar-refractivity contribution is 0.101. The van der Waals surface area contributed by atoms with Crippen LogP contribution in [0.25, 0.3) is 10.9 Å². The molecule has 0 aliphatic heterocycles. The SMILES string of the molecule is CC(=O)c1cn(CCO)c2c(Cl)c(Cl)ccc12. The summed E-state index contributed by atoms with van der Waals surface area (Å²) in [5.41, 5.74) is 1.28. The van der Waals surface area contributed by atoms with E-state index in [2.05, 4.69) is 0 Å². The number of carbonyl (C=O) groups is 1. The highest BCUT2D eigenvalue weighted by molar-refractivity contribution is 6.45. The molecule has 0 aliphatic carbocycles. The molecule has 2 aromatic rings. The largest absolute Gasteiger partial charge is 0.395 e. The topological polar surface area (TPSA) is 42.2 Å². The Morgan fingerprint density at radius 3 is 2.71 bits per heavy atom. The fourth-order valence-electron chi connectivity index (χ4n) is 1.89. The van der Waals surface area contributed by atoms with Gasteiger partial charge >= 0.3 is 0 Å². The molecule has 0 amide bonds. The molecule has 0 saturated heterocycles. The highest BCUT2D eigenvalue weighted by atomic mass is 35.5.